The van der Waals surface area contributed by atoms with E-state index < -0.39 is 22.9 Å². The number of carboxylic acids is 1. The minimum Gasteiger partial charge on any atom is -0.480 e. The highest BCUT2D eigenvalue weighted by Crippen LogP contribution is 2.24. The molecular weight excluding hydrogens is 420 g/mol. The first-order valence-corrected chi connectivity index (χ1v) is 10.7. The van der Waals surface area contributed by atoms with E-state index in [9.17, 15) is 19.5 Å². The van der Waals surface area contributed by atoms with E-state index in [1.807, 2.05) is 61.5 Å². The molecule has 4 N–H and O–H groups in total. The molecule has 0 aliphatic rings. The molecule has 168 valence electrons. The highest BCUT2D eigenvalue weighted by molar-refractivity contribution is 5.93. The highest BCUT2D eigenvalue weighted by atomic mass is 16.4. The average Bonchev–Trinajstić information content (AvgIpc) is 2.83. The Hall–Kier alpha value is -4.20. The van der Waals surface area contributed by atoms with E-state index in [2.05, 4.69) is 20.9 Å². The zero-order valence-corrected chi connectivity index (χ0v) is 18.1. The van der Waals surface area contributed by atoms with Crippen LogP contribution in [-0.2, 0) is 11.2 Å². The summed E-state index contributed by atoms with van der Waals surface area (Å²) in [6, 6.07) is 16.2. The van der Waals surface area contributed by atoms with Crippen LogP contribution >= 0.6 is 0 Å². The van der Waals surface area contributed by atoms with Crippen molar-refractivity contribution in [3.8, 4) is 0 Å². The lowest BCUT2D eigenvalue weighted by molar-refractivity contribution is -0.137. The summed E-state index contributed by atoms with van der Waals surface area (Å²) in [5.41, 5.74) is 0.481. The van der Waals surface area contributed by atoms with Gasteiger partial charge in [0.05, 0.1) is 0 Å². The Morgan fingerprint density at radius 3 is 2.45 bits per heavy atom. The van der Waals surface area contributed by atoms with E-state index in [4.69, 9.17) is 0 Å². The Morgan fingerprint density at radius 2 is 1.73 bits per heavy atom. The fourth-order valence-electron chi connectivity index (χ4n) is 3.64. The molecule has 0 amide bonds. The van der Waals surface area contributed by atoms with Crippen LogP contribution in [0.25, 0.3) is 10.8 Å². The van der Waals surface area contributed by atoms with Gasteiger partial charge in [-0.25, -0.2) is 9.78 Å². The molecule has 0 saturated heterocycles. The number of anilines is 4. The number of aromatic nitrogens is 1. The zero-order chi connectivity index (χ0) is 23.4. The smallest absolute Gasteiger partial charge is 0.326 e. The quantitative estimate of drug-likeness (QED) is 0.274. The van der Waals surface area contributed by atoms with E-state index in [-0.39, 0.29) is 17.8 Å². The fourth-order valence-corrected chi connectivity index (χ4v) is 3.64. The molecule has 0 unspecified atom stereocenters. The lowest BCUT2D eigenvalue weighted by Crippen LogP contribution is -2.42. The molecule has 0 fully saturated rings. The molecule has 8 nitrogen and oxygen atoms in total. The standard InChI is InChI=1S/C25H24N4O4/c1-2-12-26-20-21(23(31)22(20)30)29-19(25(32)33)14-15-7-9-17(10-8-15)28-24-18-6-4-3-5-16(18)11-13-27-24/h3-11,13,19,26,29H,2,12,14H2,1H3,(H,27,28)(H,32,33)/t19-/m0/s1. The number of carboxylic acid groups (broad SMARTS) is 1. The van der Waals surface area contributed by atoms with E-state index in [1.165, 1.54) is 0 Å². The predicted molar refractivity (Wildman–Crippen MR) is 130 cm³/mol. The fraction of sp³-hybridized carbons (Fsp3) is 0.200. The van der Waals surface area contributed by atoms with E-state index >= 15 is 0 Å². The SMILES string of the molecule is CCCNc1c(N[C@@H](Cc2ccc(Nc3nccc4ccccc34)cc2)C(=O)O)c(=O)c1=O. The van der Waals surface area contributed by atoms with Crippen molar-refractivity contribution in [1.82, 2.24) is 4.98 Å². The van der Waals surface area contributed by atoms with Gasteiger partial charge in [-0.2, -0.15) is 0 Å². The van der Waals surface area contributed by atoms with Crippen LogP contribution in [0.5, 0.6) is 0 Å². The van der Waals surface area contributed by atoms with Gasteiger partial charge in [0, 0.05) is 30.2 Å². The molecule has 0 aliphatic heterocycles. The Kier molecular flexibility index (Phi) is 6.35. The molecule has 8 heteroatoms. The molecule has 4 rings (SSSR count). The molecular formula is C25H24N4O4. The summed E-state index contributed by atoms with van der Waals surface area (Å²) in [4.78, 5) is 39.9. The molecule has 0 saturated carbocycles. The Bertz CT molecular complexity index is 1350. The van der Waals surface area contributed by atoms with Crippen LogP contribution in [0.1, 0.15) is 18.9 Å². The second-order valence-electron chi connectivity index (χ2n) is 7.78. The molecule has 1 aromatic heterocycles. The number of carbonyl (C=O) groups is 1. The van der Waals surface area contributed by atoms with Crippen molar-refractivity contribution in [2.45, 2.75) is 25.8 Å². The van der Waals surface area contributed by atoms with Crippen LogP contribution < -0.4 is 26.8 Å². The third kappa shape index (κ3) is 4.69. The minimum absolute atomic E-state index is 0.0427. The lowest BCUT2D eigenvalue weighted by Gasteiger charge is -2.20. The van der Waals surface area contributed by atoms with Crippen LogP contribution in [0.15, 0.2) is 70.4 Å². The van der Waals surface area contributed by atoms with Crippen LogP contribution in [0.2, 0.25) is 0 Å². The first-order valence-electron chi connectivity index (χ1n) is 10.7. The Labute approximate surface area is 190 Å². The van der Waals surface area contributed by atoms with Gasteiger partial charge in [0.25, 0.3) is 10.9 Å². The van der Waals surface area contributed by atoms with Crippen molar-refractivity contribution in [2.24, 2.45) is 0 Å². The maximum atomic E-state index is 11.9. The van der Waals surface area contributed by atoms with Crippen LogP contribution in [0.4, 0.5) is 22.9 Å². The summed E-state index contributed by atoms with van der Waals surface area (Å²) in [6.45, 7) is 2.46. The molecule has 0 bridgehead atoms. The van der Waals surface area contributed by atoms with E-state index in [0.29, 0.717) is 6.54 Å². The molecule has 4 aromatic rings. The predicted octanol–water partition coefficient (Wildman–Crippen LogP) is 3.50. The first-order chi connectivity index (χ1) is 16.0. The van der Waals surface area contributed by atoms with Gasteiger partial charge >= 0.3 is 5.97 Å². The van der Waals surface area contributed by atoms with Gasteiger partial charge in [-0.3, -0.25) is 9.59 Å². The minimum atomic E-state index is -1.10. The molecule has 3 aromatic carbocycles. The van der Waals surface area contributed by atoms with Gasteiger partial charge < -0.3 is 21.1 Å². The van der Waals surface area contributed by atoms with Crippen molar-refractivity contribution in [2.75, 3.05) is 22.5 Å². The maximum Gasteiger partial charge on any atom is 0.326 e. The number of hydrogen-bond donors (Lipinski definition) is 4. The summed E-state index contributed by atoms with van der Waals surface area (Å²) < 4.78 is 0. The van der Waals surface area contributed by atoms with Gasteiger partial charge in [0.2, 0.25) is 0 Å². The molecule has 33 heavy (non-hydrogen) atoms. The third-order valence-corrected chi connectivity index (χ3v) is 5.41. The summed E-state index contributed by atoms with van der Waals surface area (Å²) in [5.74, 6) is -0.371. The number of nitrogens with zero attached hydrogens (tertiary/aromatic N) is 1. The highest BCUT2D eigenvalue weighted by Gasteiger charge is 2.26. The monoisotopic (exact) mass is 444 g/mol. The zero-order valence-electron chi connectivity index (χ0n) is 18.1. The summed E-state index contributed by atoms with van der Waals surface area (Å²) in [7, 11) is 0. The van der Waals surface area contributed by atoms with Gasteiger partial charge in [0.1, 0.15) is 23.2 Å². The van der Waals surface area contributed by atoms with Gasteiger partial charge in [-0.1, -0.05) is 43.3 Å². The number of nitrogens with one attached hydrogen (secondary N) is 3. The second-order valence-corrected chi connectivity index (χ2v) is 7.78. The number of hydrogen-bond acceptors (Lipinski definition) is 7. The molecule has 1 atom stereocenters. The van der Waals surface area contributed by atoms with Gasteiger partial charge in [0.15, 0.2) is 0 Å². The van der Waals surface area contributed by atoms with E-state index in [1.54, 1.807) is 6.20 Å². The van der Waals surface area contributed by atoms with Crippen molar-refractivity contribution < 1.29 is 9.90 Å². The second kappa shape index (κ2) is 9.52. The molecule has 0 aliphatic carbocycles. The molecule has 0 spiro atoms. The van der Waals surface area contributed by atoms with Gasteiger partial charge in [-0.05, 0) is 35.6 Å². The Balaban J connectivity index is 1.47. The largest absolute Gasteiger partial charge is 0.480 e. The first kappa shape index (κ1) is 22.0. The van der Waals surface area contributed by atoms with Crippen molar-refractivity contribution in [1.29, 1.82) is 0 Å². The van der Waals surface area contributed by atoms with Crippen molar-refractivity contribution >= 4 is 39.6 Å². The number of pyridine rings is 1. The van der Waals surface area contributed by atoms with E-state index in [0.717, 1.165) is 34.3 Å². The normalized spacial score (nSPS) is 11.9. The maximum absolute atomic E-state index is 11.9. The third-order valence-electron chi connectivity index (χ3n) is 5.41. The number of benzene rings is 2. The Morgan fingerprint density at radius 1 is 1.00 bits per heavy atom. The van der Waals surface area contributed by atoms with Crippen molar-refractivity contribution in [3.05, 3.63) is 86.8 Å². The number of rotatable bonds is 10. The average molecular weight is 444 g/mol. The summed E-state index contributed by atoms with van der Waals surface area (Å²) >= 11 is 0. The van der Waals surface area contributed by atoms with Crippen LogP contribution in [0.3, 0.4) is 0 Å². The van der Waals surface area contributed by atoms with Crippen molar-refractivity contribution in [3.63, 3.8) is 0 Å². The van der Waals surface area contributed by atoms with Crippen LogP contribution in [0, 0.1) is 0 Å². The van der Waals surface area contributed by atoms with Gasteiger partial charge in [-0.15, -0.1) is 0 Å². The molecule has 1 heterocycles. The summed E-state index contributed by atoms with van der Waals surface area (Å²) in [6.07, 6.45) is 2.66. The number of aliphatic carboxylic acids is 1. The molecule has 0 radical (unpaired) electrons. The lowest BCUT2D eigenvalue weighted by atomic mass is 10.0. The topological polar surface area (TPSA) is 120 Å². The summed E-state index contributed by atoms with van der Waals surface area (Å²) in [5, 5.41) is 20.6. The van der Waals surface area contributed by atoms with Crippen LogP contribution in [-0.4, -0.2) is 28.6 Å². The number of fused-ring (bicyclic) bond motifs is 1.